The summed E-state index contributed by atoms with van der Waals surface area (Å²) in [6, 6.07) is 12.0. The Balaban J connectivity index is 0.000000223. The molecule has 0 bridgehead atoms. The Morgan fingerprint density at radius 1 is 1.23 bits per heavy atom. The second kappa shape index (κ2) is 8.74. The van der Waals surface area contributed by atoms with Crippen LogP contribution in [0.15, 0.2) is 49.1 Å². The maximum absolute atomic E-state index is 5.05. The lowest BCUT2D eigenvalue weighted by atomic mass is 10.4. The van der Waals surface area contributed by atoms with Crippen LogP contribution in [-0.4, -0.2) is 11.7 Å². The molecule has 0 saturated carbocycles. The first-order chi connectivity index (χ1) is 6.27. The Morgan fingerprint density at radius 2 is 1.62 bits per heavy atom. The van der Waals surface area contributed by atoms with Crippen molar-refractivity contribution in [2.24, 2.45) is 5.73 Å². The predicted molar refractivity (Wildman–Crippen MR) is 61.4 cm³/mol. The molecule has 2 nitrogen and oxygen atoms in total. The first kappa shape index (κ1) is 11.6. The highest BCUT2D eigenvalue weighted by Gasteiger charge is 1.76. The van der Waals surface area contributed by atoms with E-state index in [0.717, 1.165) is 0 Å². The van der Waals surface area contributed by atoms with Gasteiger partial charge in [-0.25, -0.2) is 0 Å². The molecule has 0 aromatic heterocycles. The smallest absolute Gasteiger partial charge is 0.163 e. The van der Waals surface area contributed by atoms with E-state index in [1.807, 2.05) is 36.4 Å². The Kier molecular flexibility index (Phi) is 7.84. The molecule has 0 unspecified atom stereocenters. The van der Waals surface area contributed by atoms with Gasteiger partial charge in [-0.2, -0.15) is 0 Å². The van der Waals surface area contributed by atoms with Crippen molar-refractivity contribution in [2.45, 2.75) is 0 Å². The minimum Gasteiger partial charge on any atom is -0.376 e. The standard InChI is InChI=1S/C6H6.C4H8N2S/c1-2-4-6-5-3-1;1-2-3-6-4(5)7/h1-6H;2H,1,3H2,(H3,5,6,7). The summed E-state index contributed by atoms with van der Waals surface area (Å²) in [6.45, 7) is 4.10. The Labute approximate surface area is 84.5 Å². The molecule has 1 rings (SSSR count). The summed E-state index contributed by atoms with van der Waals surface area (Å²) < 4.78 is 0. The van der Waals surface area contributed by atoms with E-state index in [4.69, 9.17) is 5.73 Å². The summed E-state index contributed by atoms with van der Waals surface area (Å²) in [5, 5.41) is 3.01. The summed E-state index contributed by atoms with van der Waals surface area (Å²) in [5.41, 5.74) is 5.05. The third kappa shape index (κ3) is 10.7. The number of nitrogens with one attached hydrogen (secondary N) is 1. The van der Waals surface area contributed by atoms with Crippen LogP contribution < -0.4 is 11.1 Å². The molecular weight excluding hydrogens is 180 g/mol. The fourth-order valence-electron chi connectivity index (χ4n) is 0.558. The van der Waals surface area contributed by atoms with E-state index < -0.39 is 0 Å². The third-order valence-electron chi connectivity index (χ3n) is 1.09. The van der Waals surface area contributed by atoms with Crippen molar-refractivity contribution < 1.29 is 0 Å². The Hall–Kier alpha value is -1.35. The van der Waals surface area contributed by atoms with E-state index in [0.29, 0.717) is 11.7 Å². The number of thiocarbonyl (C=S) groups is 1. The van der Waals surface area contributed by atoms with Gasteiger partial charge in [-0.3, -0.25) is 0 Å². The molecule has 13 heavy (non-hydrogen) atoms. The Morgan fingerprint density at radius 3 is 1.77 bits per heavy atom. The van der Waals surface area contributed by atoms with Gasteiger partial charge in [-0.15, -0.1) is 6.58 Å². The lowest BCUT2D eigenvalue weighted by molar-refractivity contribution is 1.05. The number of hydrogen-bond acceptors (Lipinski definition) is 1. The van der Waals surface area contributed by atoms with E-state index in [1.54, 1.807) is 6.08 Å². The topological polar surface area (TPSA) is 38.0 Å². The van der Waals surface area contributed by atoms with Gasteiger partial charge in [0.1, 0.15) is 0 Å². The quantitative estimate of drug-likeness (QED) is 0.556. The normalized spacial score (nSPS) is 7.69. The van der Waals surface area contributed by atoms with Crippen LogP contribution in [0.1, 0.15) is 0 Å². The minimum atomic E-state index is 0.319. The zero-order valence-electron chi connectivity index (χ0n) is 7.44. The van der Waals surface area contributed by atoms with Gasteiger partial charge in [-0.05, 0) is 12.2 Å². The highest BCUT2D eigenvalue weighted by atomic mass is 32.1. The zero-order valence-corrected chi connectivity index (χ0v) is 8.26. The summed E-state index contributed by atoms with van der Waals surface area (Å²) in [6.07, 6.45) is 1.69. The maximum Gasteiger partial charge on any atom is 0.163 e. The molecule has 0 atom stereocenters. The zero-order chi connectivity index (χ0) is 9.94. The number of benzene rings is 1. The van der Waals surface area contributed by atoms with Gasteiger partial charge in [0.15, 0.2) is 5.11 Å². The third-order valence-corrected chi connectivity index (χ3v) is 1.23. The van der Waals surface area contributed by atoms with Crippen molar-refractivity contribution in [1.29, 1.82) is 0 Å². The van der Waals surface area contributed by atoms with Gasteiger partial charge in [0.25, 0.3) is 0 Å². The molecule has 3 heteroatoms. The molecule has 3 N–H and O–H groups in total. The van der Waals surface area contributed by atoms with Crippen LogP contribution in [-0.2, 0) is 0 Å². The molecule has 0 radical (unpaired) electrons. The van der Waals surface area contributed by atoms with Crippen molar-refractivity contribution in [3.05, 3.63) is 49.1 Å². The molecule has 1 aromatic rings. The Bertz CT molecular complexity index is 207. The number of rotatable bonds is 2. The first-order valence-electron chi connectivity index (χ1n) is 3.91. The van der Waals surface area contributed by atoms with Crippen molar-refractivity contribution >= 4 is 17.3 Å². The maximum atomic E-state index is 5.05. The van der Waals surface area contributed by atoms with Crippen LogP contribution in [0.3, 0.4) is 0 Å². The SMILES string of the molecule is C=CCNC(N)=S.c1ccccc1. The van der Waals surface area contributed by atoms with Gasteiger partial charge < -0.3 is 11.1 Å². The van der Waals surface area contributed by atoms with E-state index >= 15 is 0 Å². The van der Waals surface area contributed by atoms with Gasteiger partial charge in [-0.1, -0.05) is 42.5 Å². The lowest BCUT2D eigenvalue weighted by Crippen LogP contribution is -2.28. The van der Waals surface area contributed by atoms with E-state index in [1.165, 1.54) is 0 Å². The second-order valence-electron chi connectivity index (χ2n) is 2.19. The first-order valence-corrected chi connectivity index (χ1v) is 4.32. The van der Waals surface area contributed by atoms with Crippen LogP contribution in [0.5, 0.6) is 0 Å². The molecule has 0 aliphatic heterocycles. The lowest BCUT2D eigenvalue weighted by Gasteiger charge is -1.94. The van der Waals surface area contributed by atoms with Crippen molar-refractivity contribution in [3.8, 4) is 0 Å². The van der Waals surface area contributed by atoms with Gasteiger partial charge >= 0.3 is 0 Å². The van der Waals surface area contributed by atoms with E-state index in [-0.39, 0.29) is 0 Å². The summed E-state index contributed by atoms with van der Waals surface area (Å²) in [4.78, 5) is 0. The van der Waals surface area contributed by atoms with Gasteiger partial charge in [0.2, 0.25) is 0 Å². The molecule has 0 saturated heterocycles. The van der Waals surface area contributed by atoms with Crippen molar-refractivity contribution in [1.82, 2.24) is 5.32 Å². The fraction of sp³-hybridized carbons (Fsp3) is 0.100. The summed E-state index contributed by atoms with van der Waals surface area (Å²) in [5.74, 6) is 0. The van der Waals surface area contributed by atoms with Crippen LogP contribution >= 0.6 is 12.2 Å². The van der Waals surface area contributed by atoms with Crippen molar-refractivity contribution in [2.75, 3.05) is 6.54 Å². The molecule has 0 aliphatic carbocycles. The van der Waals surface area contributed by atoms with Crippen LogP contribution in [0.25, 0.3) is 0 Å². The fourth-order valence-corrected chi connectivity index (χ4v) is 0.641. The average molecular weight is 194 g/mol. The molecule has 70 valence electrons. The molecule has 0 amide bonds. The minimum absolute atomic E-state index is 0.319. The average Bonchev–Trinajstić information content (AvgIpc) is 2.18. The molecule has 1 aromatic carbocycles. The van der Waals surface area contributed by atoms with E-state index in [2.05, 4.69) is 24.1 Å². The summed E-state index contributed by atoms with van der Waals surface area (Å²) >= 11 is 4.48. The van der Waals surface area contributed by atoms with Gasteiger partial charge in [0, 0.05) is 6.54 Å². The second-order valence-corrected chi connectivity index (χ2v) is 2.63. The highest BCUT2D eigenvalue weighted by molar-refractivity contribution is 7.80. The summed E-state index contributed by atoms with van der Waals surface area (Å²) in [7, 11) is 0. The van der Waals surface area contributed by atoms with Crippen LogP contribution in [0, 0.1) is 0 Å². The predicted octanol–water partition coefficient (Wildman–Crippen LogP) is 1.69. The number of nitrogens with two attached hydrogens (primary N) is 1. The van der Waals surface area contributed by atoms with Crippen LogP contribution in [0.2, 0.25) is 0 Å². The molecule has 0 heterocycles. The molecule has 0 aliphatic rings. The van der Waals surface area contributed by atoms with E-state index in [9.17, 15) is 0 Å². The highest BCUT2D eigenvalue weighted by Crippen LogP contribution is 1.79. The molecular formula is C10H14N2S. The number of hydrogen-bond donors (Lipinski definition) is 2. The monoisotopic (exact) mass is 194 g/mol. The van der Waals surface area contributed by atoms with Crippen LogP contribution in [0.4, 0.5) is 0 Å². The largest absolute Gasteiger partial charge is 0.376 e. The van der Waals surface area contributed by atoms with Gasteiger partial charge in [0.05, 0.1) is 0 Å². The molecule has 0 spiro atoms. The van der Waals surface area contributed by atoms with Crippen molar-refractivity contribution in [3.63, 3.8) is 0 Å². The molecule has 0 fully saturated rings.